The van der Waals surface area contributed by atoms with E-state index in [1.807, 2.05) is 34.2 Å². The molecule has 0 saturated carbocycles. The van der Waals surface area contributed by atoms with Crippen LogP contribution in [0.5, 0.6) is 0 Å². The summed E-state index contributed by atoms with van der Waals surface area (Å²) in [6.45, 7) is 32.3. The van der Waals surface area contributed by atoms with Crippen LogP contribution in [0.4, 0.5) is 0 Å². The predicted molar refractivity (Wildman–Crippen MR) is 108 cm³/mol. The third-order valence-electron chi connectivity index (χ3n) is 4.36. The Kier molecular flexibility index (Phi) is 7.57. The lowest BCUT2D eigenvalue weighted by atomic mass is 11.2. The van der Waals surface area contributed by atoms with Gasteiger partial charge in [-0.25, -0.2) is 0 Å². The normalized spacial score (nSPS) is 11.8. The Morgan fingerprint density at radius 1 is 0.429 bits per heavy atom. The van der Waals surface area contributed by atoms with Crippen LogP contribution in [-0.2, 0) is 0 Å². The minimum absolute atomic E-state index is 1.02. The second kappa shape index (κ2) is 8.12. The largest absolute Gasteiger partial charge is 0.122 e. The maximum Gasteiger partial charge on any atom is 0.122 e. The van der Waals surface area contributed by atoms with Gasteiger partial charge in [-0.2, -0.15) is 0 Å². The molecular weight excluding hydrogens is 300 g/mol. The van der Waals surface area contributed by atoms with Gasteiger partial charge in [0.25, 0.3) is 0 Å². The van der Waals surface area contributed by atoms with E-state index in [2.05, 4.69) is 64.0 Å². The molecule has 0 aromatic rings. The van der Waals surface area contributed by atoms with Crippen molar-refractivity contribution in [2.45, 2.75) is 11.3 Å². The zero-order valence-electron chi connectivity index (χ0n) is 13.2. The first-order valence-corrected chi connectivity index (χ1v) is 14.4. The van der Waals surface area contributed by atoms with Gasteiger partial charge in [-0.15, -0.1) is 52.6 Å². The fourth-order valence-corrected chi connectivity index (χ4v) is 20.2. The van der Waals surface area contributed by atoms with E-state index in [0.29, 0.717) is 0 Å². The summed E-state index contributed by atoms with van der Waals surface area (Å²) in [7, 11) is -5.72. The van der Waals surface area contributed by atoms with Gasteiger partial charge >= 0.3 is 0 Å². The molecule has 0 aromatic heterocycles. The Bertz CT molecular complexity index is 383. The number of rotatable bonds is 12. The first-order chi connectivity index (χ1) is 9.90. The van der Waals surface area contributed by atoms with Crippen LogP contribution in [0.15, 0.2) is 98.2 Å². The Hall–Kier alpha value is -1.43. The molecule has 21 heavy (non-hydrogen) atoms. The van der Waals surface area contributed by atoms with Crippen molar-refractivity contribution in [1.82, 2.24) is 0 Å². The Morgan fingerprint density at radius 3 is 0.810 bits per heavy atom. The summed E-state index contributed by atoms with van der Waals surface area (Å²) in [5.41, 5.74) is 18.5. The van der Waals surface area contributed by atoms with Crippen LogP contribution in [0, 0.1) is 0 Å². The molecule has 0 unspecified atom stereocenters. The highest BCUT2D eigenvalue weighted by atomic mass is 28.4. The molecule has 0 atom stereocenters. The highest BCUT2D eigenvalue weighted by molar-refractivity contribution is 7.14. The lowest BCUT2D eigenvalue weighted by Crippen LogP contribution is -2.48. The topological polar surface area (TPSA) is 0 Å². The second-order valence-corrected chi connectivity index (χ2v) is 18.5. The van der Waals surface area contributed by atoms with E-state index in [1.165, 1.54) is 0 Å². The average Bonchev–Trinajstić information content (AvgIpc) is 2.57. The van der Waals surface area contributed by atoms with Crippen molar-refractivity contribution in [3.8, 4) is 0 Å². The summed E-state index contributed by atoms with van der Waals surface area (Å²) in [6.07, 6.45) is 0. The Morgan fingerprint density at radius 2 is 0.667 bits per heavy atom. The minimum Gasteiger partial charge on any atom is -0.107 e. The maximum absolute atomic E-state index is 4.11. The van der Waals surface area contributed by atoms with Crippen LogP contribution in [0.2, 0.25) is 11.3 Å². The van der Waals surface area contributed by atoms with Crippen LogP contribution in [-0.4, -0.2) is 24.2 Å². The van der Waals surface area contributed by atoms with Crippen molar-refractivity contribution in [1.29, 1.82) is 0 Å². The minimum atomic E-state index is -1.92. The highest BCUT2D eigenvalue weighted by Crippen LogP contribution is 2.32. The van der Waals surface area contributed by atoms with Gasteiger partial charge in [-0.1, -0.05) is 45.6 Å². The lowest BCUT2D eigenvalue weighted by Gasteiger charge is -2.36. The van der Waals surface area contributed by atoms with Crippen LogP contribution >= 0.6 is 0 Å². The van der Waals surface area contributed by atoms with Crippen molar-refractivity contribution in [2.75, 3.05) is 0 Å². The van der Waals surface area contributed by atoms with Gasteiger partial charge in [-0.3, -0.25) is 0 Å². The molecule has 0 amide bonds. The summed E-state index contributed by atoms with van der Waals surface area (Å²) in [6, 6.07) is 0. The Balaban J connectivity index is 5.85. The molecule has 0 aliphatic carbocycles. The van der Waals surface area contributed by atoms with Gasteiger partial charge in [0.1, 0.15) is 16.1 Å². The smallest absolute Gasteiger partial charge is 0.107 e. The summed E-state index contributed by atoms with van der Waals surface area (Å²) >= 11 is 0. The van der Waals surface area contributed by atoms with Crippen LogP contribution in [0.3, 0.4) is 0 Å². The van der Waals surface area contributed by atoms with Crippen molar-refractivity contribution >= 4 is 24.2 Å². The maximum atomic E-state index is 4.11. The van der Waals surface area contributed by atoms with E-state index in [1.54, 1.807) is 0 Å². The molecule has 0 spiro atoms. The highest BCUT2D eigenvalue weighted by Gasteiger charge is 2.41. The molecule has 0 aliphatic heterocycles. The van der Waals surface area contributed by atoms with Crippen molar-refractivity contribution < 1.29 is 0 Å². The first kappa shape index (κ1) is 19.6. The Labute approximate surface area is 134 Å². The second-order valence-electron chi connectivity index (χ2n) is 5.44. The molecule has 0 nitrogen and oxygen atoms in total. The molecule has 0 rings (SSSR count). The molecule has 0 bridgehead atoms. The number of hydrogen-bond acceptors (Lipinski definition) is 0. The van der Waals surface area contributed by atoms with Crippen LogP contribution < -0.4 is 0 Å². The van der Waals surface area contributed by atoms with Crippen LogP contribution in [0.25, 0.3) is 0 Å². The first-order valence-electron chi connectivity index (χ1n) is 6.99. The molecule has 0 aliphatic rings. The summed E-state index contributed by atoms with van der Waals surface area (Å²) in [5, 5.41) is 0. The monoisotopic (exact) mass is 328 g/mol. The van der Waals surface area contributed by atoms with Crippen molar-refractivity contribution in [3.63, 3.8) is 0 Å². The molecule has 0 radical (unpaired) electrons. The van der Waals surface area contributed by atoms with Crippen molar-refractivity contribution in [3.05, 3.63) is 98.2 Å². The predicted octanol–water partition coefficient (Wildman–Crippen LogP) is 5.21. The summed E-state index contributed by atoms with van der Waals surface area (Å²) in [5.74, 6) is 0. The molecule has 112 valence electrons. The summed E-state index contributed by atoms with van der Waals surface area (Å²) < 4.78 is 0. The van der Waals surface area contributed by atoms with Gasteiger partial charge < -0.3 is 0 Å². The van der Waals surface area contributed by atoms with E-state index < -0.39 is 24.2 Å². The van der Waals surface area contributed by atoms with E-state index >= 15 is 0 Å². The van der Waals surface area contributed by atoms with E-state index in [9.17, 15) is 0 Å². The van der Waals surface area contributed by atoms with E-state index in [4.69, 9.17) is 0 Å². The van der Waals surface area contributed by atoms with Gasteiger partial charge in [0, 0.05) is 0 Å². The van der Waals surface area contributed by atoms with Gasteiger partial charge in [0.2, 0.25) is 0 Å². The fraction of sp³-hybridized carbons (Fsp3) is 0.111. The zero-order chi connectivity index (χ0) is 16.6. The molecule has 0 aromatic carbocycles. The van der Waals surface area contributed by atoms with Crippen LogP contribution in [0.1, 0.15) is 0 Å². The van der Waals surface area contributed by atoms with Gasteiger partial charge in [0.05, 0.1) is 8.07 Å². The molecule has 0 N–H and O–H groups in total. The third-order valence-corrected chi connectivity index (χ3v) is 20.7. The van der Waals surface area contributed by atoms with Gasteiger partial charge in [0.15, 0.2) is 0 Å². The molecule has 0 heterocycles. The molecule has 0 fully saturated rings. The SMILES string of the molecule is C=C[Si](C=C)(C=C)C[Si](C=C)(C=C)C[Si](C=C)(C=C)C=C. The molecular formula is C18H28Si3. The summed E-state index contributed by atoms with van der Waals surface area (Å²) in [4.78, 5) is 0. The average molecular weight is 329 g/mol. The lowest BCUT2D eigenvalue weighted by molar-refractivity contribution is 1.59. The zero-order valence-corrected chi connectivity index (χ0v) is 16.2. The van der Waals surface area contributed by atoms with E-state index in [-0.39, 0.29) is 0 Å². The fourth-order valence-electron chi connectivity index (χ4n) is 2.51. The number of hydrogen-bond donors (Lipinski definition) is 0. The van der Waals surface area contributed by atoms with E-state index in [0.717, 1.165) is 11.3 Å². The quantitative estimate of drug-likeness (QED) is 0.431. The van der Waals surface area contributed by atoms with Gasteiger partial charge in [-0.05, 0) is 11.3 Å². The third kappa shape index (κ3) is 4.27. The van der Waals surface area contributed by atoms with Crippen molar-refractivity contribution in [2.24, 2.45) is 0 Å². The standard InChI is InChI=1S/C18H28Si3/c1-9-19(10-2,11-3)17-21(15-7,16-8)18-20(12-4,13-5)14-6/h9-16H,1-8,17-18H2. The molecule has 3 heteroatoms. The molecule has 0 saturated heterocycles.